The van der Waals surface area contributed by atoms with Gasteiger partial charge in [-0.15, -0.1) is 0 Å². The Morgan fingerprint density at radius 3 is 2.21 bits per heavy atom. The topological polar surface area (TPSA) is 84.5 Å². The van der Waals surface area contributed by atoms with E-state index in [1.165, 1.54) is 24.3 Å². The number of hydrogen-bond donors (Lipinski definition) is 2. The molecule has 28 heavy (non-hydrogen) atoms. The molecule has 3 aromatic rings. The molecule has 0 radical (unpaired) electrons. The fraction of sp³-hybridized carbons (Fsp3) is 0.0952. The molecule has 144 valence electrons. The maximum absolute atomic E-state index is 12.5. The molecule has 3 aromatic carbocycles. The van der Waals surface area contributed by atoms with Crippen molar-refractivity contribution in [2.45, 2.75) is 11.8 Å². The van der Waals surface area contributed by atoms with E-state index in [0.717, 1.165) is 5.56 Å². The smallest absolute Gasteiger partial charge is 0.261 e. The number of benzene rings is 3. The number of anilines is 2. The fourth-order valence-electron chi connectivity index (χ4n) is 2.53. The highest BCUT2D eigenvalue weighted by Crippen LogP contribution is 2.19. The molecule has 3 rings (SSSR count). The van der Waals surface area contributed by atoms with Gasteiger partial charge in [0, 0.05) is 23.0 Å². The maximum Gasteiger partial charge on any atom is 0.261 e. The maximum atomic E-state index is 12.5. The number of aryl methyl sites for hydroxylation is 1. The van der Waals surface area contributed by atoms with Crippen LogP contribution in [0, 0.1) is 6.92 Å². The highest BCUT2D eigenvalue weighted by atomic mass is 32.2. The van der Waals surface area contributed by atoms with Gasteiger partial charge >= 0.3 is 0 Å². The monoisotopic (exact) mass is 396 g/mol. The van der Waals surface area contributed by atoms with Gasteiger partial charge in [0.15, 0.2) is 0 Å². The SMILES string of the molecule is COc1cccc(NC(=O)c2ccc(S(=O)(=O)Nc3ccc(C)cc3)cc2)c1. The molecular weight excluding hydrogens is 376 g/mol. The van der Waals surface area contributed by atoms with E-state index in [-0.39, 0.29) is 10.8 Å². The Labute approximate surface area is 164 Å². The fourth-order valence-corrected chi connectivity index (χ4v) is 3.58. The molecule has 0 heterocycles. The molecule has 2 N–H and O–H groups in total. The van der Waals surface area contributed by atoms with Crippen LogP contribution in [0.2, 0.25) is 0 Å². The first-order valence-electron chi connectivity index (χ1n) is 8.52. The van der Waals surface area contributed by atoms with Crippen molar-refractivity contribution in [3.8, 4) is 5.75 Å². The van der Waals surface area contributed by atoms with Crippen LogP contribution in [-0.4, -0.2) is 21.4 Å². The number of ether oxygens (including phenoxy) is 1. The van der Waals surface area contributed by atoms with Gasteiger partial charge in [0.25, 0.3) is 15.9 Å². The van der Waals surface area contributed by atoms with Crippen LogP contribution >= 0.6 is 0 Å². The van der Waals surface area contributed by atoms with Gasteiger partial charge in [0.2, 0.25) is 0 Å². The molecule has 0 aliphatic carbocycles. The third-order valence-electron chi connectivity index (χ3n) is 4.06. The molecule has 0 saturated heterocycles. The summed E-state index contributed by atoms with van der Waals surface area (Å²) in [5.41, 5.74) is 2.44. The van der Waals surface area contributed by atoms with E-state index in [0.29, 0.717) is 22.7 Å². The molecular formula is C21H20N2O4S. The van der Waals surface area contributed by atoms with Gasteiger partial charge < -0.3 is 10.1 Å². The number of methoxy groups -OCH3 is 1. The van der Waals surface area contributed by atoms with Crippen molar-refractivity contribution in [1.29, 1.82) is 0 Å². The zero-order chi connectivity index (χ0) is 20.1. The number of carbonyl (C=O) groups is 1. The van der Waals surface area contributed by atoms with Crippen LogP contribution in [0.1, 0.15) is 15.9 Å². The van der Waals surface area contributed by atoms with Gasteiger partial charge in [0.1, 0.15) is 5.75 Å². The van der Waals surface area contributed by atoms with Crippen molar-refractivity contribution in [3.63, 3.8) is 0 Å². The second-order valence-corrected chi connectivity index (χ2v) is 7.86. The number of hydrogen-bond acceptors (Lipinski definition) is 4. The Bertz CT molecular complexity index is 1080. The van der Waals surface area contributed by atoms with E-state index in [1.54, 1.807) is 43.5 Å². The second kappa shape index (κ2) is 8.14. The lowest BCUT2D eigenvalue weighted by atomic mass is 10.2. The molecule has 0 fully saturated rings. The Morgan fingerprint density at radius 1 is 0.893 bits per heavy atom. The van der Waals surface area contributed by atoms with Crippen LogP contribution in [-0.2, 0) is 10.0 Å². The van der Waals surface area contributed by atoms with Crippen LogP contribution < -0.4 is 14.8 Å². The van der Waals surface area contributed by atoms with Crippen LogP contribution in [0.5, 0.6) is 5.75 Å². The lowest BCUT2D eigenvalue weighted by Crippen LogP contribution is -2.14. The molecule has 0 aliphatic rings. The number of amides is 1. The molecule has 0 atom stereocenters. The van der Waals surface area contributed by atoms with Crippen molar-refractivity contribution in [2.75, 3.05) is 17.1 Å². The van der Waals surface area contributed by atoms with E-state index in [1.807, 2.05) is 19.1 Å². The Morgan fingerprint density at radius 2 is 1.57 bits per heavy atom. The van der Waals surface area contributed by atoms with Gasteiger partial charge in [0.05, 0.1) is 12.0 Å². The summed E-state index contributed by atoms with van der Waals surface area (Å²) in [6, 6.07) is 19.8. The summed E-state index contributed by atoms with van der Waals surface area (Å²) < 4.78 is 32.7. The summed E-state index contributed by atoms with van der Waals surface area (Å²) in [6.07, 6.45) is 0. The Hall–Kier alpha value is -3.32. The lowest BCUT2D eigenvalue weighted by molar-refractivity contribution is 0.102. The molecule has 7 heteroatoms. The summed E-state index contributed by atoms with van der Waals surface area (Å²) in [5, 5.41) is 2.75. The number of carbonyl (C=O) groups excluding carboxylic acids is 1. The molecule has 0 saturated carbocycles. The first-order valence-corrected chi connectivity index (χ1v) is 10.0. The molecule has 1 amide bonds. The molecule has 0 aromatic heterocycles. The molecule has 0 bridgehead atoms. The highest BCUT2D eigenvalue weighted by Gasteiger charge is 2.15. The van der Waals surface area contributed by atoms with Crippen molar-refractivity contribution in [3.05, 3.63) is 83.9 Å². The summed E-state index contributed by atoms with van der Waals surface area (Å²) in [7, 11) is -2.19. The van der Waals surface area contributed by atoms with Gasteiger partial charge in [-0.3, -0.25) is 9.52 Å². The molecule has 0 spiro atoms. The van der Waals surface area contributed by atoms with Gasteiger partial charge in [-0.25, -0.2) is 8.42 Å². The van der Waals surface area contributed by atoms with Crippen molar-refractivity contribution in [2.24, 2.45) is 0 Å². The van der Waals surface area contributed by atoms with E-state index in [2.05, 4.69) is 10.0 Å². The molecule has 0 unspecified atom stereocenters. The zero-order valence-corrected chi connectivity index (χ0v) is 16.3. The normalized spacial score (nSPS) is 10.9. The van der Waals surface area contributed by atoms with Crippen molar-refractivity contribution < 1.29 is 17.9 Å². The molecule has 0 aliphatic heterocycles. The Kier molecular flexibility index (Phi) is 5.65. The van der Waals surface area contributed by atoms with Crippen LogP contribution in [0.15, 0.2) is 77.7 Å². The van der Waals surface area contributed by atoms with E-state index >= 15 is 0 Å². The van der Waals surface area contributed by atoms with E-state index in [4.69, 9.17) is 4.74 Å². The van der Waals surface area contributed by atoms with Gasteiger partial charge in [-0.1, -0.05) is 23.8 Å². The average molecular weight is 396 g/mol. The van der Waals surface area contributed by atoms with Crippen LogP contribution in [0.3, 0.4) is 0 Å². The largest absolute Gasteiger partial charge is 0.497 e. The summed E-state index contributed by atoms with van der Waals surface area (Å²) >= 11 is 0. The first-order chi connectivity index (χ1) is 13.4. The predicted molar refractivity (Wildman–Crippen MR) is 109 cm³/mol. The van der Waals surface area contributed by atoms with Crippen molar-refractivity contribution >= 4 is 27.3 Å². The second-order valence-electron chi connectivity index (χ2n) is 6.18. The number of rotatable bonds is 6. The summed E-state index contributed by atoms with van der Waals surface area (Å²) in [4.78, 5) is 12.5. The number of nitrogens with one attached hydrogen (secondary N) is 2. The highest BCUT2D eigenvalue weighted by molar-refractivity contribution is 7.92. The minimum atomic E-state index is -3.73. The van der Waals surface area contributed by atoms with Gasteiger partial charge in [-0.2, -0.15) is 0 Å². The minimum Gasteiger partial charge on any atom is -0.497 e. The third-order valence-corrected chi connectivity index (χ3v) is 5.46. The minimum absolute atomic E-state index is 0.0750. The summed E-state index contributed by atoms with van der Waals surface area (Å²) in [5.74, 6) is 0.283. The average Bonchev–Trinajstić information content (AvgIpc) is 2.70. The standard InChI is InChI=1S/C21H20N2O4S/c1-15-6-10-17(11-7-15)23-28(25,26)20-12-8-16(9-13-20)21(24)22-18-4-3-5-19(14-18)27-2/h3-14,23H,1-2H3,(H,22,24). The molecule has 6 nitrogen and oxygen atoms in total. The first kappa shape index (κ1) is 19.4. The third kappa shape index (κ3) is 4.69. The van der Waals surface area contributed by atoms with E-state index in [9.17, 15) is 13.2 Å². The summed E-state index contributed by atoms with van der Waals surface area (Å²) in [6.45, 7) is 1.92. The van der Waals surface area contributed by atoms with Crippen molar-refractivity contribution in [1.82, 2.24) is 0 Å². The van der Waals surface area contributed by atoms with Crippen LogP contribution in [0.4, 0.5) is 11.4 Å². The quantitative estimate of drug-likeness (QED) is 0.658. The zero-order valence-electron chi connectivity index (χ0n) is 15.5. The predicted octanol–water partition coefficient (Wildman–Crippen LogP) is 4.06. The lowest BCUT2D eigenvalue weighted by Gasteiger charge is -2.10. The van der Waals surface area contributed by atoms with Crippen LogP contribution in [0.25, 0.3) is 0 Å². The number of sulfonamides is 1. The van der Waals surface area contributed by atoms with E-state index < -0.39 is 10.0 Å². The Balaban J connectivity index is 1.72. The van der Waals surface area contributed by atoms with Gasteiger partial charge in [-0.05, 0) is 55.5 Å².